The average molecular weight is 456 g/mol. The van der Waals surface area contributed by atoms with E-state index in [1.807, 2.05) is 37.3 Å². The molecule has 0 aliphatic heterocycles. The first-order chi connectivity index (χ1) is 14.5. The van der Waals surface area contributed by atoms with E-state index in [2.05, 4.69) is 0 Å². The highest BCUT2D eigenvalue weighted by Gasteiger charge is 2.30. The van der Waals surface area contributed by atoms with E-state index in [4.69, 9.17) is 4.42 Å². The van der Waals surface area contributed by atoms with Crippen LogP contribution in [0.4, 0.5) is 0 Å². The Morgan fingerprint density at radius 2 is 1.32 bits per heavy atom. The van der Waals surface area contributed by atoms with Crippen molar-refractivity contribution in [3.05, 3.63) is 59.7 Å². The topological polar surface area (TPSA) is 122 Å². The van der Waals surface area contributed by atoms with Crippen LogP contribution in [0.1, 0.15) is 11.1 Å². The average Bonchev–Trinajstić information content (AvgIpc) is 3.08. The fourth-order valence-corrected chi connectivity index (χ4v) is 6.35. The Morgan fingerprint density at radius 1 is 0.710 bits per heavy atom. The Balaban J connectivity index is 2.25. The lowest BCUT2D eigenvalue weighted by Crippen LogP contribution is -2.09. The number of furan rings is 1. The van der Waals surface area contributed by atoms with E-state index in [0.29, 0.717) is 32.9 Å². The lowest BCUT2D eigenvalue weighted by molar-refractivity contribution is 0.468. The first-order valence-corrected chi connectivity index (χ1v) is 12.1. The van der Waals surface area contributed by atoms with Gasteiger partial charge in [-0.1, -0.05) is 30.3 Å². The zero-order valence-corrected chi connectivity index (χ0v) is 18.0. The van der Waals surface area contributed by atoms with Crippen LogP contribution in [0.15, 0.2) is 62.7 Å². The van der Waals surface area contributed by atoms with Gasteiger partial charge < -0.3 is 4.42 Å². The molecule has 0 radical (unpaired) electrons. The molecule has 0 atom stereocenters. The number of benzene rings is 4. The molecule has 1 heterocycles. The van der Waals surface area contributed by atoms with Crippen molar-refractivity contribution in [2.75, 3.05) is 0 Å². The van der Waals surface area contributed by atoms with E-state index in [1.54, 1.807) is 13.0 Å². The third kappa shape index (κ3) is 2.85. The van der Waals surface area contributed by atoms with Crippen molar-refractivity contribution in [2.24, 2.45) is 0 Å². The first kappa shape index (κ1) is 20.0. The molecular weight excluding hydrogens is 440 g/mol. The summed E-state index contributed by atoms with van der Waals surface area (Å²) in [6, 6.07) is 13.4. The largest absolute Gasteiger partial charge is 0.455 e. The Bertz CT molecular complexity index is 1800. The molecule has 0 saturated heterocycles. The monoisotopic (exact) mass is 456 g/mol. The maximum atomic E-state index is 12.4. The van der Waals surface area contributed by atoms with Crippen molar-refractivity contribution in [1.82, 2.24) is 0 Å². The number of hydrogen-bond donors (Lipinski definition) is 2. The summed E-state index contributed by atoms with van der Waals surface area (Å²) in [5.41, 5.74) is 2.43. The zero-order chi connectivity index (χ0) is 22.3. The third-order valence-corrected chi connectivity index (χ3v) is 7.50. The Kier molecular flexibility index (Phi) is 4.03. The van der Waals surface area contributed by atoms with Crippen LogP contribution < -0.4 is 0 Å². The van der Waals surface area contributed by atoms with Gasteiger partial charge in [0.15, 0.2) is 0 Å². The molecule has 0 spiro atoms. The summed E-state index contributed by atoms with van der Waals surface area (Å²) in [5.74, 6) is 0. The van der Waals surface area contributed by atoms with Gasteiger partial charge in [-0.05, 0) is 59.3 Å². The van der Waals surface area contributed by atoms with E-state index in [-0.39, 0.29) is 5.39 Å². The van der Waals surface area contributed by atoms with Gasteiger partial charge in [0, 0.05) is 16.2 Å². The molecular formula is C22H16O7S2. The second-order valence-electron chi connectivity index (χ2n) is 7.56. The van der Waals surface area contributed by atoms with E-state index in [0.717, 1.165) is 22.4 Å². The molecule has 7 nitrogen and oxygen atoms in total. The number of rotatable bonds is 2. The summed E-state index contributed by atoms with van der Waals surface area (Å²) in [6.45, 7) is 3.66. The van der Waals surface area contributed by atoms with Crippen LogP contribution in [0.25, 0.3) is 43.5 Å². The molecule has 0 saturated carbocycles. The summed E-state index contributed by atoms with van der Waals surface area (Å²) in [6.07, 6.45) is 0. The first-order valence-electron chi connectivity index (χ1n) is 9.24. The van der Waals surface area contributed by atoms with Crippen LogP contribution in [-0.2, 0) is 20.2 Å². The fourth-order valence-electron chi connectivity index (χ4n) is 4.35. The minimum absolute atomic E-state index is 0.0206. The van der Waals surface area contributed by atoms with Gasteiger partial charge >= 0.3 is 0 Å². The highest BCUT2D eigenvalue weighted by atomic mass is 32.2. The Labute approximate surface area is 177 Å². The minimum atomic E-state index is -5.04. The molecule has 0 aliphatic carbocycles. The van der Waals surface area contributed by atoms with Crippen LogP contribution in [0.5, 0.6) is 0 Å². The molecule has 2 N–H and O–H groups in total. The van der Waals surface area contributed by atoms with Crippen LogP contribution in [-0.4, -0.2) is 25.9 Å². The predicted octanol–water partition coefficient (Wildman–Crippen LogP) is 5.00. The SMILES string of the molecule is Cc1cc2ccccc2c2c1oc1c(C)cc3ccc(S(=O)(=O)O)c(S(=O)(=O)O)c3c12. The van der Waals surface area contributed by atoms with Gasteiger partial charge in [0.2, 0.25) is 0 Å². The quantitative estimate of drug-likeness (QED) is 0.358. The van der Waals surface area contributed by atoms with Crippen LogP contribution in [0.2, 0.25) is 0 Å². The normalized spacial score (nSPS) is 13.0. The van der Waals surface area contributed by atoms with Crippen LogP contribution in [0.3, 0.4) is 0 Å². The Hall–Kier alpha value is -2.98. The molecule has 0 unspecified atom stereocenters. The molecule has 0 amide bonds. The Morgan fingerprint density at radius 3 is 1.97 bits per heavy atom. The van der Waals surface area contributed by atoms with Gasteiger partial charge in [0.1, 0.15) is 21.0 Å². The lowest BCUT2D eigenvalue weighted by Gasteiger charge is -2.11. The predicted molar refractivity (Wildman–Crippen MR) is 118 cm³/mol. The molecule has 1 aromatic heterocycles. The summed E-state index contributed by atoms with van der Waals surface area (Å²) < 4.78 is 74.5. The van der Waals surface area contributed by atoms with E-state index < -0.39 is 30.0 Å². The van der Waals surface area contributed by atoms with Crippen molar-refractivity contribution >= 4 is 63.7 Å². The molecule has 5 aromatic rings. The van der Waals surface area contributed by atoms with Gasteiger partial charge in [-0.2, -0.15) is 16.8 Å². The summed E-state index contributed by atoms with van der Waals surface area (Å²) in [5, 5.41) is 3.02. The van der Waals surface area contributed by atoms with E-state index in [9.17, 15) is 25.9 Å². The van der Waals surface area contributed by atoms with Gasteiger partial charge in [0.25, 0.3) is 20.2 Å². The standard InChI is InChI=1S/C22H16O7S2/c1-11-9-13-5-3-4-6-15(13)18-19-17-14(10-12(2)21(19)29-20(11)18)7-8-16(30(23,24)25)22(17)31(26,27)28/h3-10H,1-2H3,(H,23,24,25)(H,26,27,28). The molecule has 0 aliphatic rings. The third-order valence-electron chi connectivity index (χ3n) is 5.54. The zero-order valence-electron chi connectivity index (χ0n) is 16.4. The molecule has 4 aromatic carbocycles. The van der Waals surface area contributed by atoms with Gasteiger partial charge in [-0.25, -0.2) is 0 Å². The number of fused-ring (bicyclic) bond motifs is 7. The van der Waals surface area contributed by atoms with Crippen LogP contribution >= 0.6 is 0 Å². The van der Waals surface area contributed by atoms with Gasteiger partial charge in [-0.3, -0.25) is 9.11 Å². The number of hydrogen-bond acceptors (Lipinski definition) is 5. The molecule has 0 fully saturated rings. The smallest absolute Gasteiger partial charge is 0.296 e. The maximum Gasteiger partial charge on any atom is 0.296 e. The second kappa shape index (κ2) is 6.27. The molecule has 31 heavy (non-hydrogen) atoms. The van der Waals surface area contributed by atoms with E-state index >= 15 is 0 Å². The van der Waals surface area contributed by atoms with Gasteiger partial charge in [0.05, 0.1) is 0 Å². The van der Waals surface area contributed by atoms with Crippen LogP contribution in [0, 0.1) is 13.8 Å². The molecule has 9 heteroatoms. The molecule has 158 valence electrons. The summed E-state index contributed by atoms with van der Waals surface area (Å²) in [7, 11) is -9.98. The summed E-state index contributed by atoms with van der Waals surface area (Å²) in [4.78, 5) is -1.76. The number of aryl methyl sites for hydroxylation is 2. The second-order valence-corrected chi connectivity index (χ2v) is 10.3. The maximum absolute atomic E-state index is 12.4. The van der Waals surface area contributed by atoms with Crippen molar-refractivity contribution in [2.45, 2.75) is 23.6 Å². The molecule has 5 rings (SSSR count). The van der Waals surface area contributed by atoms with Crippen molar-refractivity contribution < 1.29 is 30.4 Å². The molecule has 0 bridgehead atoms. The minimum Gasteiger partial charge on any atom is -0.455 e. The van der Waals surface area contributed by atoms with Crippen molar-refractivity contribution in [3.8, 4) is 0 Å². The van der Waals surface area contributed by atoms with Gasteiger partial charge in [-0.15, -0.1) is 0 Å². The summed E-state index contributed by atoms with van der Waals surface area (Å²) >= 11 is 0. The lowest BCUT2D eigenvalue weighted by atomic mass is 9.96. The van der Waals surface area contributed by atoms with E-state index in [1.165, 1.54) is 6.07 Å². The highest BCUT2D eigenvalue weighted by molar-refractivity contribution is 7.89. The fraction of sp³-hybridized carbons (Fsp3) is 0.0909. The van der Waals surface area contributed by atoms with Crippen molar-refractivity contribution in [1.29, 1.82) is 0 Å². The van der Waals surface area contributed by atoms with Crippen molar-refractivity contribution in [3.63, 3.8) is 0 Å². The highest BCUT2D eigenvalue weighted by Crippen LogP contribution is 2.44.